The van der Waals surface area contributed by atoms with E-state index in [1.54, 1.807) is 18.3 Å². The average molecular weight is 284 g/mol. The van der Waals surface area contributed by atoms with Gasteiger partial charge in [0, 0.05) is 34.3 Å². The molecule has 0 radical (unpaired) electrons. The fourth-order valence-electron chi connectivity index (χ4n) is 2.34. The summed E-state index contributed by atoms with van der Waals surface area (Å²) in [6.45, 7) is 0.651. The minimum Gasteiger partial charge on any atom is -0.370 e. The summed E-state index contributed by atoms with van der Waals surface area (Å²) in [4.78, 5) is 15.4. The molecule has 94 valence electrons. The van der Waals surface area contributed by atoms with Crippen molar-refractivity contribution in [1.29, 1.82) is 0 Å². The van der Waals surface area contributed by atoms with E-state index in [4.69, 9.17) is 27.9 Å². The van der Waals surface area contributed by atoms with Crippen LogP contribution in [0.15, 0.2) is 18.3 Å². The maximum Gasteiger partial charge on any atom is 0.193 e. The highest BCUT2D eigenvalue weighted by molar-refractivity contribution is 6.39. The van der Waals surface area contributed by atoms with Gasteiger partial charge in [-0.2, -0.15) is 0 Å². The molecule has 1 atom stereocenters. The SMILES string of the molecule is O=C(c1c[nH]c2cc(Cl)cc(Cl)c12)C1CCCO1. The van der Waals surface area contributed by atoms with Crippen LogP contribution >= 0.6 is 23.2 Å². The number of hydrogen-bond donors (Lipinski definition) is 1. The van der Waals surface area contributed by atoms with Crippen LogP contribution in [0.3, 0.4) is 0 Å². The number of carbonyl (C=O) groups excluding carboxylic acids is 1. The van der Waals surface area contributed by atoms with E-state index in [2.05, 4.69) is 4.98 Å². The molecular weight excluding hydrogens is 273 g/mol. The number of ether oxygens (including phenoxy) is 1. The molecule has 1 fully saturated rings. The van der Waals surface area contributed by atoms with Crippen molar-refractivity contribution in [3.63, 3.8) is 0 Å². The van der Waals surface area contributed by atoms with Gasteiger partial charge in [0.25, 0.3) is 0 Å². The number of fused-ring (bicyclic) bond motifs is 1. The van der Waals surface area contributed by atoms with E-state index in [1.165, 1.54) is 0 Å². The van der Waals surface area contributed by atoms with Gasteiger partial charge in [0.1, 0.15) is 6.10 Å². The summed E-state index contributed by atoms with van der Waals surface area (Å²) in [5.41, 5.74) is 1.35. The zero-order valence-corrected chi connectivity index (χ0v) is 11.0. The maximum atomic E-state index is 12.3. The third-order valence-electron chi connectivity index (χ3n) is 3.18. The maximum absolute atomic E-state index is 12.3. The lowest BCUT2D eigenvalue weighted by Crippen LogP contribution is -2.19. The van der Waals surface area contributed by atoms with Gasteiger partial charge in [0.15, 0.2) is 5.78 Å². The first-order valence-electron chi connectivity index (χ1n) is 5.79. The Kier molecular flexibility index (Phi) is 3.06. The van der Waals surface area contributed by atoms with Gasteiger partial charge < -0.3 is 9.72 Å². The molecule has 0 saturated carbocycles. The van der Waals surface area contributed by atoms with Crippen LogP contribution in [0.2, 0.25) is 10.0 Å². The minimum atomic E-state index is -0.337. The highest BCUT2D eigenvalue weighted by Crippen LogP contribution is 2.32. The number of benzene rings is 1. The quantitative estimate of drug-likeness (QED) is 0.851. The van der Waals surface area contributed by atoms with Crippen molar-refractivity contribution in [3.8, 4) is 0 Å². The van der Waals surface area contributed by atoms with E-state index in [-0.39, 0.29) is 11.9 Å². The molecule has 0 aliphatic carbocycles. The number of ketones is 1. The number of hydrogen-bond acceptors (Lipinski definition) is 2. The topological polar surface area (TPSA) is 42.1 Å². The van der Waals surface area contributed by atoms with Crippen LogP contribution in [-0.2, 0) is 4.74 Å². The Morgan fingerprint density at radius 2 is 2.22 bits per heavy atom. The largest absolute Gasteiger partial charge is 0.370 e. The Balaban J connectivity index is 2.09. The molecule has 1 aromatic heterocycles. The van der Waals surface area contributed by atoms with Crippen molar-refractivity contribution in [1.82, 2.24) is 4.98 Å². The number of rotatable bonds is 2. The highest BCUT2D eigenvalue weighted by Gasteiger charge is 2.27. The van der Waals surface area contributed by atoms with Gasteiger partial charge in [-0.05, 0) is 25.0 Å². The second-order valence-electron chi connectivity index (χ2n) is 4.38. The lowest BCUT2D eigenvalue weighted by molar-refractivity contribution is 0.0644. The van der Waals surface area contributed by atoms with Gasteiger partial charge in [0.05, 0.1) is 5.02 Å². The summed E-state index contributed by atoms with van der Waals surface area (Å²) in [5.74, 6) is -0.0111. The Morgan fingerprint density at radius 3 is 2.94 bits per heavy atom. The summed E-state index contributed by atoms with van der Waals surface area (Å²) < 4.78 is 5.42. The van der Waals surface area contributed by atoms with E-state index < -0.39 is 0 Å². The summed E-state index contributed by atoms with van der Waals surface area (Å²) in [6, 6.07) is 3.40. The number of nitrogens with one attached hydrogen (secondary N) is 1. The first-order chi connectivity index (χ1) is 8.66. The number of H-pyrrole nitrogens is 1. The van der Waals surface area contributed by atoms with E-state index in [0.717, 1.165) is 23.7 Å². The fourth-order valence-corrected chi connectivity index (χ4v) is 2.93. The molecule has 1 aliphatic heterocycles. The Labute approximate surface area is 114 Å². The first kappa shape index (κ1) is 12.0. The van der Waals surface area contributed by atoms with Crippen LogP contribution < -0.4 is 0 Å². The third kappa shape index (κ3) is 1.92. The van der Waals surface area contributed by atoms with Crippen molar-refractivity contribution in [2.24, 2.45) is 0 Å². The zero-order chi connectivity index (χ0) is 12.7. The molecule has 3 rings (SSSR count). The third-order valence-corrected chi connectivity index (χ3v) is 3.70. The Bertz CT molecular complexity index is 615. The average Bonchev–Trinajstić information content (AvgIpc) is 2.96. The van der Waals surface area contributed by atoms with Gasteiger partial charge in [-0.3, -0.25) is 4.79 Å². The number of Topliss-reactive ketones (excluding diaryl/α,β-unsaturated/α-hetero) is 1. The summed E-state index contributed by atoms with van der Waals surface area (Å²) in [5, 5.41) is 1.76. The lowest BCUT2D eigenvalue weighted by Gasteiger charge is -2.07. The highest BCUT2D eigenvalue weighted by atomic mass is 35.5. The fraction of sp³-hybridized carbons (Fsp3) is 0.308. The van der Waals surface area contributed by atoms with Crippen LogP contribution in [0, 0.1) is 0 Å². The van der Waals surface area contributed by atoms with Crippen molar-refractivity contribution >= 4 is 39.9 Å². The molecule has 2 aromatic rings. The second kappa shape index (κ2) is 4.57. The molecule has 18 heavy (non-hydrogen) atoms. The predicted molar refractivity (Wildman–Crippen MR) is 71.6 cm³/mol. The molecule has 2 heterocycles. The van der Waals surface area contributed by atoms with E-state index in [9.17, 15) is 4.79 Å². The zero-order valence-electron chi connectivity index (χ0n) is 9.50. The Hall–Kier alpha value is -1.03. The molecular formula is C13H11Cl2NO2. The van der Waals surface area contributed by atoms with Crippen LogP contribution in [0.5, 0.6) is 0 Å². The van der Waals surface area contributed by atoms with E-state index >= 15 is 0 Å². The molecule has 1 aliphatic rings. The normalized spacial score (nSPS) is 19.6. The van der Waals surface area contributed by atoms with Gasteiger partial charge in [-0.25, -0.2) is 0 Å². The summed E-state index contributed by atoms with van der Waals surface area (Å²) in [6.07, 6.45) is 3.04. The van der Waals surface area contributed by atoms with Gasteiger partial charge >= 0.3 is 0 Å². The molecule has 1 saturated heterocycles. The van der Waals surface area contributed by atoms with Crippen LogP contribution in [-0.4, -0.2) is 23.5 Å². The van der Waals surface area contributed by atoms with Crippen molar-refractivity contribution < 1.29 is 9.53 Å². The van der Waals surface area contributed by atoms with E-state index in [0.29, 0.717) is 22.2 Å². The molecule has 0 amide bonds. The van der Waals surface area contributed by atoms with Gasteiger partial charge in [-0.1, -0.05) is 23.2 Å². The van der Waals surface area contributed by atoms with Crippen molar-refractivity contribution in [3.05, 3.63) is 33.9 Å². The standard InChI is InChI=1S/C13H11Cl2NO2/c14-7-4-9(15)12-8(6-16-10(12)5-7)13(17)11-2-1-3-18-11/h4-6,11,16H,1-3H2. The van der Waals surface area contributed by atoms with Crippen molar-refractivity contribution in [2.45, 2.75) is 18.9 Å². The van der Waals surface area contributed by atoms with Crippen LogP contribution in [0.1, 0.15) is 23.2 Å². The van der Waals surface area contributed by atoms with Crippen molar-refractivity contribution in [2.75, 3.05) is 6.61 Å². The predicted octanol–water partition coefficient (Wildman–Crippen LogP) is 3.84. The Morgan fingerprint density at radius 1 is 1.39 bits per heavy atom. The smallest absolute Gasteiger partial charge is 0.193 e. The van der Waals surface area contributed by atoms with Crippen LogP contribution in [0.4, 0.5) is 0 Å². The number of carbonyl (C=O) groups is 1. The molecule has 3 nitrogen and oxygen atoms in total. The van der Waals surface area contributed by atoms with Crippen LogP contribution in [0.25, 0.3) is 10.9 Å². The molecule has 0 spiro atoms. The molecule has 0 bridgehead atoms. The number of halogens is 2. The summed E-state index contributed by atoms with van der Waals surface area (Å²) >= 11 is 12.1. The number of aromatic nitrogens is 1. The van der Waals surface area contributed by atoms with Gasteiger partial charge in [0.2, 0.25) is 0 Å². The molecule has 1 aromatic carbocycles. The van der Waals surface area contributed by atoms with E-state index in [1.807, 2.05) is 0 Å². The molecule has 1 unspecified atom stereocenters. The lowest BCUT2D eigenvalue weighted by atomic mass is 10.0. The van der Waals surface area contributed by atoms with Gasteiger partial charge in [-0.15, -0.1) is 0 Å². The minimum absolute atomic E-state index is 0.0111. The monoisotopic (exact) mass is 283 g/mol. The summed E-state index contributed by atoms with van der Waals surface area (Å²) in [7, 11) is 0. The molecule has 1 N–H and O–H groups in total. The first-order valence-corrected chi connectivity index (χ1v) is 6.54. The molecule has 5 heteroatoms. The number of aromatic amines is 1. The second-order valence-corrected chi connectivity index (χ2v) is 5.22.